The summed E-state index contributed by atoms with van der Waals surface area (Å²) in [5, 5.41) is 44.3. The fraction of sp³-hybridized carbons (Fsp3) is 0.125. The van der Waals surface area contributed by atoms with Crippen LogP contribution in [0.2, 0.25) is 0 Å². The maximum atomic E-state index is 9.75. The Morgan fingerprint density at radius 2 is 0.292 bits per heavy atom. The molecule has 48 heteroatoms. The van der Waals surface area contributed by atoms with Gasteiger partial charge in [-0.3, -0.25) is 27.4 Å². The van der Waals surface area contributed by atoms with E-state index in [1.165, 1.54) is 0 Å². The van der Waals surface area contributed by atoms with Gasteiger partial charge in [-0.15, -0.1) is 61.2 Å². The summed E-state index contributed by atoms with van der Waals surface area (Å²) in [7, 11) is -24.0. The SMILES string of the molecule is Cc1ccc(-n2cnnc2)nc1.Cc1ccc(-n2cnnc2)nc1.Cc1ccc(-n2cnnc2)nc1.Cc1ccc(-n2cnnc2)nc1.Cc1ccc(-n2cnnc2)nc1.Cc1ccc(-n2cnnc2)nc1.F[B-](F)(F)F.F[B-](F)(F)F.F[B-](F)(F)F.F[B-](F)(F)F.[Ag+].[Ag+].[Ag+].[Ag+]. The van der Waals surface area contributed by atoms with Crippen molar-refractivity contribution >= 4 is 29.0 Å². The fourth-order valence-electron chi connectivity index (χ4n) is 5.59. The van der Waals surface area contributed by atoms with Gasteiger partial charge in [-0.25, -0.2) is 29.9 Å². The third-order valence-corrected chi connectivity index (χ3v) is 9.47. The Balaban J connectivity index is 0. The number of aryl methyl sites for hydroxylation is 6. The summed E-state index contributed by atoms with van der Waals surface area (Å²) >= 11 is 0. The van der Waals surface area contributed by atoms with E-state index in [1.807, 2.05) is 152 Å². The van der Waals surface area contributed by atoms with E-state index < -0.39 is 29.0 Å². The van der Waals surface area contributed by atoms with Crippen LogP contribution in [-0.2, 0) is 89.5 Å². The molecule has 12 rings (SSSR count). The standard InChI is InChI=1S/6C8H8N4.4Ag.4BF4/c6*1-7-2-3-8(9-4-7)12-5-10-11-6-12;;;;;4*2-1(3,4)5/h6*2-6H,1H3;;;;;;;;/q;;;;;;4*+1;4*-1. The second-order valence-electron chi connectivity index (χ2n) is 17.4. The average molecular weight is 1740 g/mol. The van der Waals surface area contributed by atoms with Gasteiger partial charge < -0.3 is 69.1 Å². The molecule has 24 nitrogen and oxygen atoms in total. The molecule has 0 aliphatic rings. The monoisotopic (exact) mass is 1740 g/mol. The van der Waals surface area contributed by atoms with E-state index in [0.29, 0.717) is 0 Å². The number of hydrogen-bond donors (Lipinski definition) is 0. The molecule has 0 aliphatic heterocycles. The molecule has 0 N–H and O–H groups in total. The summed E-state index contributed by atoms with van der Waals surface area (Å²) in [5.41, 5.74) is 6.87. The molecule has 0 bridgehead atoms. The van der Waals surface area contributed by atoms with Crippen LogP contribution in [0.4, 0.5) is 69.1 Å². The van der Waals surface area contributed by atoms with Crippen LogP contribution in [0.15, 0.2) is 186 Å². The molecule has 12 aromatic rings. The summed E-state index contributed by atoms with van der Waals surface area (Å²) in [5.74, 6) is 5.03. The first kappa shape index (κ1) is 89.9. The normalized spacial score (nSPS) is 10.1. The van der Waals surface area contributed by atoms with Crippen molar-refractivity contribution < 1.29 is 159 Å². The van der Waals surface area contributed by atoms with E-state index in [2.05, 4.69) is 91.1 Å². The number of pyridine rings is 6. The van der Waals surface area contributed by atoms with Gasteiger partial charge in [-0.2, -0.15) is 0 Å². The number of hydrogen-bond acceptors (Lipinski definition) is 18. The molecule has 0 atom stereocenters. The van der Waals surface area contributed by atoms with Crippen LogP contribution in [0.25, 0.3) is 34.9 Å². The minimum atomic E-state index is -6.00. The summed E-state index contributed by atoms with van der Waals surface area (Å²) < 4.78 is 167. The Morgan fingerprint density at radius 3 is 0.365 bits per heavy atom. The van der Waals surface area contributed by atoms with Crippen molar-refractivity contribution in [1.82, 2.24) is 118 Å². The third kappa shape index (κ3) is 44.5. The molecule has 0 spiro atoms. The maximum absolute atomic E-state index is 9.75. The zero-order valence-corrected chi connectivity index (χ0v) is 55.5. The van der Waals surface area contributed by atoms with E-state index in [4.69, 9.17) is 0 Å². The minimum absolute atomic E-state index is 0. The first-order chi connectivity index (χ1) is 43.2. The van der Waals surface area contributed by atoms with Crippen LogP contribution >= 0.6 is 0 Å². The topological polar surface area (TPSA) is 262 Å². The predicted octanol–water partition coefficient (Wildman–Crippen LogP) is 11.0. The van der Waals surface area contributed by atoms with Gasteiger partial charge in [0.15, 0.2) is 0 Å². The van der Waals surface area contributed by atoms with Gasteiger partial charge in [0.25, 0.3) is 0 Å². The molecular weight excluding hydrogens is 1690 g/mol. The molecular formula is C48H48Ag4B4F16N24. The Bertz CT molecular complexity index is 3130. The van der Waals surface area contributed by atoms with Crippen molar-refractivity contribution in [2.24, 2.45) is 0 Å². The van der Waals surface area contributed by atoms with Crippen molar-refractivity contribution in [2.45, 2.75) is 41.5 Å². The van der Waals surface area contributed by atoms with Crippen LogP contribution in [0.1, 0.15) is 33.4 Å². The second kappa shape index (κ2) is 46.1. The van der Waals surface area contributed by atoms with Crippen LogP contribution in [0.3, 0.4) is 0 Å². The zero-order chi connectivity index (χ0) is 68.3. The Labute approximate surface area is 597 Å². The Kier molecular flexibility index (Phi) is 43.2. The smallest absolute Gasteiger partial charge is 0.418 e. The van der Waals surface area contributed by atoms with Gasteiger partial charge in [0, 0.05) is 37.2 Å². The van der Waals surface area contributed by atoms with Crippen LogP contribution < -0.4 is 0 Å². The van der Waals surface area contributed by atoms with E-state index >= 15 is 0 Å². The molecule has 12 aromatic heterocycles. The van der Waals surface area contributed by atoms with Crippen LogP contribution in [0.5, 0.6) is 0 Å². The first-order valence-corrected chi connectivity index (χ1v) is 25.3. The molecule has 96 heavy (non-hydrogen) atoms. The molecule has 12 heterocycles. The van der Waals surface area contributed by atoms with Gasteiger partial charge in [0.05, 0.1) is 0 Å². The minimum Gasteiger partial charge on any atom is -0.418 e. The Morgan fingerprint density at radius 1 is 0.198 bits per heavy atom. The number of halogens is 16. The van der Waals surface area contributed by atoms with Gasteiger partial charge in [-0.05, 0) is 111 Å². The van der Waals surface area contributed by atoms with Gasteiger partial charge >= 0.3 is 119 Å². The van der Waals surface area contributed by atoms with Gasteiger partial charge in [0.1, 0.15) is 111 Å². The molecule has 0 saturated heterocycles. The number of rotatable bonds is 6. The van der Waals surface area contributed by atoms with Crippen molar-refractivity contribution in [3.63, 3.8) is 0 Å². The Hall–Kier alpha value is -8.16. The quantitative estimate of drug-likeness (QED) is 0.111. The molecule has 0 fully saturated rings. The van der Waals surface area contributed by atoms with Crippen molar-refractivity contribution in [3.05, 3.63) is 219 Å². The molecule has 0 amide bonds. The molecule has 0 saturated carbocycles. The summed E-state index contributed by atoms with van der Waals surface area (Å²) in [6.07, 6.45) is 30.4. The molecule has 0 radical (unpaired) electrons. The predicted molar refractivity (Wildman–Crippen MR) is 304 cm³/mol. The number of nitrogens with zero attached hydrogens (tertiary/aromatic N) is 24. The number of aromatic nitrogens is 24. The largest absolute Gasteiger partial charge is 1.00 e. The van der Waals surface area contributed by atoms with Gasteiger partial charge in [0.2, 0.25) is 0 Å². The van der Waals surface area contributed by atoms with Crippen molar-refractivity contribution in [2.75, 3.05) is 0 Å². The molecule has 0 aliphatic carbocycles. The molecule has 528 valence electrons. The third-order valence-electron chi connectivity index (χ3n) is 9.47. The van der Waals surface area contributed by atoms with Crippen molar-refractivity contribution in [1.29, 1.82) is 0 Å². The fourth-order valence-corrected chi connectivity index (χ4v) is 5.59. The summed E-state index contributed by atoms with van der Waals surface area (Å²) in [6, 6.07) is 23.6. The van der Waals surface area contributed by atoms with E-state index in [0.717, 1.165) is 68.3 Å². The summed E-state index contributed by atoms with van der Waals surface area (Å²) in [4.78, 5) is 25.2. The van der Waals surface area contributed by atoms with E-state index in [-0.39, 0.29) is 89.5 Å². The van der Waals surface area contributed by atoms with Crippen molar-refractivity contribution in [3.8, 4) is 34.9 Å². The van der Waals surface area contributed by atoms with Gasteiger partial charge in [-0.1, -0.05) is 36.4 Å². The maximum Gasteiger partial charge on any atom is 1.00 e. The second-order valence-corrected chi connectivity index (χ2v) is 17.4. The van der Waals surface area contributed by atoms with E-state index in [9.17, 15) is 69.1 Å². The van der Waals surface area contributed by atoms with E-state index in [1.54, 1.807) is 103 Å². The van der Waals surface area contributed by atoms with Crippen LogP contribution in [-0.4, -0.2) is 148 Å². The summed E-state index contributed by atoms with van der Waals surface area (Å²) in [6.45, 7) is 12.0. The zero-order valence-electron chi connectivity index (χ0n) is 49.6. The van der Waals surface area contributed by atoms with Crippen LogP contribution in [0, 0.1) is 41.5 Å². The first-order valence-electron chi connectivity index (χ1n) is 25.3. The average Bonchev–Trinajstić information content (AvgIpc) is 1.73. The molecule has 0 aromatic carbocycles. The molecule has 0 unspecified atom stereocenters.